The first-order chi connectivity index (χ1) is 12.0. The lowest BCUT2D eigenvalue weighted by atomic mass is 10.3. The molecule has 3 rings (SSSR count). The molecule has 132 valence electrons. The average molecular weight is 344 g/mol. The Hall–Kier alpha value is -2.97. The monoisotopic (exact) mass is 344 g/mol. The maximum atomic E-state index is 12.8. The summed E-state index contributed by atoms with van der Waals surface area (Å²) in [5.41, 5.74) is -0.886. The van der Waals surface area contributed by atoms with E-state index in [0.29, 0.717) is 25.6 Å². The third-order valence-electron chi connectivity index (χ3n) is 4.36. The van der Waals surface area contributed by atoms with E-state index in [-0.39, 0.29) is 11.6 Å². The molecule has 1 amide bonds. The summed E-state index contributed by atoms with van der Waals surface area (Å²) in [6.45, 7) is 2.35. The van der Waals surface area contributed by atoms with Crippen LogP contribution in [0.2, 0.25) is 0 Å². The smallest absolute Gasteiger partial charge is 0.331 e. The van der Waals surface area contributed by atoms with Crippen molar-refractivity contribution in [2.75, 3.05) is 31.1 Å². The zero-order valence-electron chi connectivity index (χ0n) is 14.3. The van der Waals surface area contributed by atoms with Crippen molar-refractivity contribution in [2.45, 2.75) is 6.42 Å². The van der Waals surface area contributed by atoms with Crippen molar-refractivity contribution >= 4 is 11.9 Å². The number of anilines is 1. The van der Waals surface area contributed by atoms with Gasteiger partial charge in [-0.25, -0.2) is 14.8 Å². The first kappa shape index (κ1) is 16.9. The molecular formula is C16H20N6O3. The van der Waals surface area contributed by atoms with Crippen molar-refractivity contribution in [2.24, 2.45) is 14.1 Å². The van der Waals surface area contributed by atoms with Crippen LogP contribution in [0, 0.1) is 0 Å². The third-order valence-corrected chi connectivity index (χ3v) is 4.36. The maximum absolute atomic E-state index is 12.8. The molecule has 0 atom stereocenters. The Morgan fingerprint density at radius 2 is 1.72 bits per heavy atom. The SMILES string of the molecule is Cn1c(C(=O)N2CCCN(c3ncccn3)CC2)cc(=O)n(C)c1=O. The molecule has 9 nitrogen and oxygen atoms in total. The summed E-state index contributed by atoms with van der Waals surface area (Å²) in [5.74, 6) is 0.325. The zero-order chi connectivity index (χ0) is 18.0. The number of carbonyl (C=O) groups is 1. The summed E-state index contributed by atoms with van der Waals surface area (Å²) in [7, 11) is 2.89. The largest absolute Gasteiger partial charge is 0.339 e. The highest BCUT2D eigenvalue weighted by atomic mass is 16.2. The van der Waals surface area contributed by atoms with Gasteiger partial charge in [-0.2, -0.15) is 0 Å². The van der Waals surface area contributed by atoms with Crippen LogP contribution in [0.3, 0.4) is 0 Å². The van der Waals surface area contributed by atoms with Gasteiger partial charge >= 0.3 is 5.69 Å². The molecule has 2 aromatic rings. The van der Waals surface area contributed by atoms with Gasteiger partial charge in [-0.3, -0.25) is 18.7 Å². The maximum Gasteiger partial charge on any atom is 0.331 e. The number of hydrogen-bond acceptors (Lipinski definition) is 6. The Balaban J connectivity index is 1.80. The highest BCUT2D eigenvalue weighted by Gasteiger charge is 2.24. The van der Waals surface area contributed by atoms with Crippen LogP contribution < -0.4 is 16.1 Å². The molecule has 0 N–H and O–H groups in total. The average Bonchev–Trinajstić information content (AvgIpc) is 2.89. The molecule has 1 fully saturated rings. The van der Waals surface area contributed by atoms with Crippen LogP contribution in [-0.4, -0.2) is 56.1 Å². The first-order valence-electron chi connectivity index (χ1n) is 8.07. The van der Waals surface area contributed by atoms with Crippen LogP contribution in [0.15, 0.2) is 34.1 Å². The van der Waals surface area contributed by atoms with Gasteiger partial charge in [-0.15, -0.1) is 0 Å². The molecule has 9 heteroatoms. The minimum absolute atomic E-state index is 0.109. The van der Waals surface area contributed by atoms with E-state index in [1.807, 2.05) is 4.90 Å². The standard InChI is InChI=1S/C16H20N6O3/c1-19-12(11-13(23)20(2)16(19)25)14(24)21-7-4-8-22(10-9-21)15-17-5-3-6-18-15/h3,5-6,11H,4,7-10H2,1-2H3. The van der Waals surface area contributed by atoms with E-state index in [2.05, 4.69) is 9.97 Å². The van der Waals surface area contributed by atoms with Crippen molar-refractivity contribution in [3.8, 4) is 0 Å². The number of carbonyl (C=O) groups excluding carboxylic acids is 1. The van der Waals surface area contributed by atoms with Gasteiger partial charge in [-0.05, 0) is 12.5 Å². The second-order valence-electron chi connectivity index (χ2n) is 5.95. The Labute approximate surface area is 144 Å². The molecule has 1 saturated heterocycles. The lowest BCUT2D eigenvalue weighted by molar-refractivity contribution is 0.0755. The molecule has 1 aliphatic rings. The quantitative estimate of drug-likeness (QED) is 0.710. The molecule has 2 aromatic heterocycles. The van der Waals surface area contributed by atoms with Crippen LogP contribution in [0.5, 0.6) is 0 Å². The zero-order valence-corrected chi connectivity index (χ0v) is 14.3. The lowest BCUT2D eigenvalue weighted by Gasteiger charge is -2.22. The summed E-state index contributed by atoms with van der Waals surface area (Å²) in [6, 6.07) is 2.97. The number of amides is 1. The summed E-state index contributed by atoms with van der Waals surface area (Å²) in [5, 5.41) is 0. The van der Waals surface area contributed by atoms with Gasteiger partial charge in [0, 0.05) is 58.7 Å². The Kier molecular flexibility index (Phi) is 4.64. The molecule has 1 aliphatic heterocycles. The molecule has 0 aromatic carbocycles. The van der Waals surface area contributed by atoms with E-state index >= 15 is 0 Å². The number of rotatable bonds is 2. The highest BCUT2D eigenvalue weighted by molar-refractivity contribution is 5.92. The van der Waals surface area contributed by atoms with Gasteiger partial charge in [-0.1, -0.05) is 0 Å². The molecule has 0 aliphatic carbocycles. The van der Waals surface area contributed by atoms with Crippen LogP contribution in [0.25, 0.3) is 0 Å². The van der Waals surface area contributed by atoms with Gasteiger partial charge in [0.1, 0.15) is 5.69 Å². The summed E-state index contributed by atoms with van der Waals surface area (Å²) >= 11 is 0. The Bertz CT molecular complexity index is 889. The number of nitrogens with zero attached hydrogens (tertiary/aromatic N) is 6. The highest BCUT2D eigenvalue weighted by Crippen LogP contribution is 2.12. The number of aromatic nitrogens is 4. The minimum Gasteiger partial charge on any atom is -0.339 e. The second kappa shape index (κ2) is 6.88. The van der Waals surface area contributed by atoms with Gasteiger partial charge in [0.25, 0.3) is 11.5 Å². The Morgan fingerprint density at radius 3 is 2.44 bits per heavy atom. The number of hydrogen-bond donors (Lipinski definition) is 0. The normalized spacial score (nSPS) is 15.1. The van der Waals surface area contributed by atoms with E-state index in [4.69, 9.17) is 0 Å². The minimum atomic E-state index is -0.509. The van der Waals surface area contributed by atoms with Crippen molar-refractivity contribution in [1.82, 2.24) is 24.0 Å². The molecule has 25 heavy (non-hydrogen) atoms. The fourth-order valence-electron chi connectivity index (χ4n) is 2.88. The van der Waals surface area contributed by atoms with E-state index in [0.717, 1.165) is 17.5 Å². The third kappa shape index (κ3) is 3.30. The molecule has 0 unspecified atom stereocenters. The van der Waals surface area contributed by atoms with Crippen LogP contribution >= 0.6 is 0 Å². The van der Waals surface area contributed by atoms with E-state index < -0.39 is 11.2 Å². The van der Waals surface area contributed by atoms with Gasteiger partial charge in [0.05, 0.1) is 0 Å². The fraction of sp³-hybridized carbons (Fsp3) is 0.438. The second-order valence-corrected chi connectivity index (χ2v) is 5.95. The first-order valence-corrected chi connectivity index (χ1v) is 8.07. The van der Waals surface area contributed by atoms with Crippen molar-refractivity contribution in [3.63, 3.8) is 0 Å². The summed E-state index contributed by atoms with van der Waals surface area (Å²) in [6.07, 6.45) is 4.13. The molecule has 0 radical (unpaired) electrons. The van der Waals surface area contributed by atoms with Crippen molar-refractivity contribution < 1.29 is 4.79 Å². The molecular weight excluding hydrogens is 324 g/mol. The van der Waals surface area contributed by atoms with Gasteiger partial charge in [0.15, 0.2) is 0 Å². The molecule has 3 heterocycles. The van der Waals surface area contributed by atoms with E-state index in [1.54, 1.807) is 23.4 Å². The summed E-state index contributed by atoms with van der Waals surface area (Å²) < 4.78 is 2.19. The topological polar surface area (TPSA) is 93.3 Å². The van der Waals surface area contributed by atoms with E-state index in [1.165, 1.54) is 24.7 Å². The lowest BCUT2D eigenvalue weighted by Crippen LogP contribution is -2.43. The predicted molar refractivity (Wildman–Crippen MR) is 91.7 cm³/mol. The molecule has 0 bridgehead atoms. The van der Waals surface area contributed by atoms with Crippen LogP contribution in [0.1, 0.15) is 16.9 Å². The predicted octanol–water partition coefficient (Wildman–Crippen LogP) is -0.773. The fourth-order valence-corrected chi connectivity index (χ4v) is 2.88. The van der Waals surface area contributed by atoms with Gasteiger partial charge in [0.2, 0.25) is 5.95 Å². The Morgan fingerprint density at radius 1 is 1.00 bits per heavy atom. The van der Waals surface area contributed by atoms with Crippen molar-refractivity contribution in [3.05, 3.63) is 51.1 Å². The van der Waals surface area contributed by atoms with Gasteiger partial charge < -0.3 is 9.80 Å². The van der Waals surface area contributed by atoms with E-state index in [9.17, 15) is 14.4 Å². The van der Waals surface area contributed by atoms with Crippen LogP contribution in [-0.2, 0) is 14.1 Å². The molecule has 0 spiro atoms. The molecule has 0 saturated carbocycles. The van der Waals surface area contributed by atoms with Crippen molar-refractivity contribution in [1.29, 1.82) is 0 Å². The van der Waals surface area contributed by atoms with Crippen LogP contribution in [0.4, 0.5) is 5.95 Å². The summed E-state index contributed by atoms with van der Waals surface area (Å²) in [4.78, 5) is 48.9.